The predicted molar refractivity (Wildman–Crippen MR) is 62.6 cm³/mol. The molecule has 84 valence electrons. The van der Waals surface area contributed by atoms with E-state index in [1.165, 1.54) is 12.1 Å². The fraction of sp³-hybridized carbons (Fsp3) is 0.500. The highest BCUT2D eigenvalue weighted by molar-refractivity contribution is 6.31. The molecular weight excluding hydrogens is 213 g/mol. The number of benzene rings is 1. The molecule has 1 N–H and O–H groups in total. The van der Waals surface area contributed by atoms with E-state index in [1.807, 2.05) is 0 Å². The Hall–Kier alpha value is -0.600. The molecule has 1 rings (SSSR count). The van der Waals surface area contributed by atoms with Crippen LogP contribution in [0.25, 0.3) is 0 Å². The maximum atomic E-state index is 12.8. The van der Waals surface area contributed by atoms with E-state index in [0.717, 1.165) is 18.4 Å². The molecule has 0 spiro atoms. The van der Waals surface area contributed by atoms with E-state index >= 15 is 0 Å². The van der Waals surface area contributed by atoms with Crippen LogP contribution in [0.15, 0.2) is 18.2 Å². The zero-order chi connectivity index (χ0) is 11.3. The highest BCUT2D eigenvalue weighted by Crippen LogP contribution is 2.17. The quantitative estimate of drug-likeness (QED) is 0.811. The fourth-order valence-corrected chi connectivity index (χ4v) is 1.73. The molecule has 0 saturated heterocycles. The Morgan fingerprint density at radius 2 is 2.00 bits per heavy atom. The molecule has 0 aliphatic rings. The number of rotatable bonds is 5. The van der Waals surface area contributed by atoms with Crippen LogP contribution in [0.3, 0.4) is 0 Å². The van der Waals surface area contributed by atoms with Crippen molar-refractivity contribution in [3.05, 3.63) is 34.6 Å². The first-order valence-electron chi connectivity index (χ1n) is 5.34. The van der Waals surface area contributed by atoms with E-state index in [1.54, 1.807) is 6.07 Å². The lowest BCUT2D eigenvalue weighted by molar-refractivity contribution is 0.484. The molecule has 0 heterocycles. The van der Waals surface area contributed by atoms with Crippen LogP contribution in [0.5, 0.6) is 0 Å². The number of nitrogens with one attached hydrogen (secondary N) is 1. The van der Waals surface area contributed by atoms with Crippen molar-refractivity contribution < 1.29 is 4.39 Å². The number of hydrogen-bond acceptors (Lipinski definition) is 1. The van der Waals surface area contributed by atoms with Gasteiger partial charge in [-0.1, -0.05) is 31.5 Å². The van der Waals surface area contributed by atoms with Gasteiger partial charge >= 0.3 is 0 Å². The van der Waals surface area contributed by atoms with E-state index in [2.05, 4.69) is 19.2 Å². The van der Waals surface area contributed by atoms with Crippen molar-refractivity contribution in [1.29, 1.82) is 0 Å². The van der Waals surface area contributed by atoms with Crippen LogP contribution in [0.4, 0.5) is 4.39 Å². The molecule has 0 radical (unpaired) electrons. The van der Waals surface area contributed by atoms with Gasteiger partial charge in [-0.2, -0.15) is 0 Å². The lowest BCUT2D eigenvalue weighted by Gasteiger charge is -2.15. The molecule has 0 aliphatic carbocycles. The topological polar surface area (TPSA) is 12.0 Å². The van der Waals surface area contributed by atoms with Gasteiger partial charge in [-0.3, -0.25) is 0 Å². The third-order valence-electron chi connectivity index (χ3n) is 2.58. The second-order valence-electron chi connectivity index (χ2n) is 3.63. The van der Waals surface area contributed by atoms with Crippen LogP contribution in [-0.2, 0) is 6.54 Å². The first-order chi connectivity index (χ1) is 7.17. The molecule has 0 atom stereocenters. The molecule has 0 bridgehead atoms. The third kappa shape index (κ3) is 3.80. The van der Waals surface area contributed by atoms with Crippen LogP contribution in [0.1, 0.15) is 32.3 Å². The lowest BCUT2D eigenvalue weighted by atomic mass is 10.1. The SMILES string of the molecule is CCC(CC)NCc1ccc(F)cc1Cl. The molecule has 15 heavy (non-hydrogen) atoms. The summed E-state index contributed by atoms with van der Waals surface area (Å²) >= 11 is 5.92. The van der Waals surface area contributed by atoms with Crippen molar-refractivity contribution >= 4 is 11.6 Å². The molecule has 0 aromatic heterocycles. The summed E-state index contributed by atoms with van der Waals surface area (Å²) in [6.45, 7) is 4.99. The van der Waals surface area contributed by atoms with Gasteiger partial charge in [0.1, 0.15) is 5.82 Å². The Bertz CT molecular complexity index is 310. The Balaban J connectivity index is 2.57. The monoisotopic (exact) mass is 229 g/mol. The summed E-state index contributed by atoms with van der Waals surface area (Å²) in [5.41, 5.74) is 0.949. The molecule has 0 saturated carbocycles. The molecular formula is C12H17ClFN. The average molecular weight is 230 g/mol. The summed E-state index contributed by atoms with van der Waals surface area (Å²) in [6.07, 6.45) is 2.19. The number of hydrogen-bond donors (Lipinski definition) is 1. The van der Waals surface area contributed by atoms with Crippen LogP contribution >= 0.6 is 11.6 Å². The summed E-state index contributed by atoms with van der Waals surface area (Å²) < 4.78 is 12.8. The largest absolute Gasteiger partial charge is 0.310 e. The zero-order valence-corrected chi connectivity index (χ0v) is 9.94. The second-order valence-corrected chi connectivity index (χ2v) is 4.04. The van der Waals surface area contributed by atoms with Crippen molar-refractivity contribution in [2.24, 2.45) is 0 Å². The Labute approximate surface area is 95.6 Å². The highest BCUT2D eigenvalue weighted by Gasteiger charge is 2.05. The lowest BCUT2D eigenvalue weighted by Crippen LogP contribution is -2.27. The molecule has 3 heteroatoms. The first-order valence-corrected chi connectivity index (χ1v) is 5.72. The van der Waals surface area contributed by atoms with Crippen LogP contribution in [0.2, 0.25) is 5.02 Å². The molecule has 0 aliphatic heterocycles. The molecule has 1 aromatic carbocycles. The van der Waals surface area contributed by atoms with Crippen molar-refractivity contribution in [3.8, 4) is 0 Å². The van der Waals surface area contributed by atoms with Crippen molar-refractivity contribution in [3.63, 3.8) is 0 Å². The van der Waals surface area contributed by atoms with Gasteiger partial charge in [0.05, 0.1) is 0 Å². The molecule has 0 fully saturated rings. The second kappa shape index (κ2) is 6.09. The minimum absolute atomic E-state index is 0.286. The summed E-state index contributed by atoms with van der Waals surface area (Å²) in [5.74, 6) is -0.286. The molecule has 1 nitrogen and oxygen atoms in total. The van der Waals surface area contributed by atoms with Crippen LogP contribution in [-0.4, -0.2) is 6.04 Å². The molecule has 1 aromatic rings. The van der Waals surface area contributed by atoms with Gasteiger partial charge in [0.25, 0.3) is 0 Å². The normalized spacial score (nSPS) is 11.0. The van der Waals surface area contributed by atoms with E-state index < -0.39 is 0 Å². The van der Waals surface area contributed by atoms with Crippen LogP contribution in [0, 0.1) is 5.82 Å². The molecule has 0 unspecified atom stereocenters. The third-order valence-corrected chi connectivity index (χ3v) is 2.93. The van der Waals surface area contributed by atoms with Gasteiger partial charge in [-0.15, -0.1) is 0 Å². The zero-order valence-electron chi connectivity index (χ0n) is 9.19. The van der Waals surface area contributed by atoms with Gasteiger partial charge in [0, 0.05) is 17.6 Å². The van der Waals surface area contributed by atoms with E-state index in [-0.39, 0.29) is 5.82 Å². The van der Waals surface area contributed by atoms with Crippen LogP contribution < -0.4 is 5.32 Å². The van der Waals surface area contributed by atoms with Gasteiger partial charge in [-0.05, 0) is 30.5 Å². The Morgan fingerprint density at radius 1 is 1.33 bits per heavy atom. The van der Waals surface area contributed by atoms with Crippen molar-refractivity contribution in [2.75, 3.05) is 0 Å². The van der Waals surface area contributed by atoms with Crippen molar-refractivity contribution in [2.45, 2.75) is 39.3 Å². The average Bonchev–Trinajstić information content (AvgIpc) is 2.22. The van der Waals surface area contributed by atoms with Gasteiger partial charge in [-0.25, -0.2) is 4.39 Å². The van der Waals surface area contributed by atoms with E-state index in [9.17, 15) is 4.39 Å². The minimum Gasteiger partial charge on any atom is -0.310 e. The predicted octanol–water partition coefficient (Wildman–Crippen LogP) is 3.76. The number of halogens is 2. The first kappa shape index (κ1) is 12.5. The van der Waals surface area contributed by atoms with Gasteiger partial charge in [0.2, 0.25) is 0 Å². The smallest absolute Gasteiger partial charge is 0.124 e. The standard InChI is InChI=1S/C12H17ClFN/c1-3-11(4-2)15-8-9-5-6-10(14)7-12(9)13/h5-7,11,15H,3-4,8H2,1-2H3. The summed E-state index contributed by atoms with van der Waals surface area (Å²) in [4.78, 5) is 0. The summed E-state index contributed by atoms with van der Waals surface area (Å²) in [7, 11) is 0. The van der Waals surface area contributed by atoms with E-state index in [4.69, 9.17) is 11.6 Å². The summed E-state index contributed by atoms with van der Waals surface area (Å²) in [6, 6.07) is 5.03. The molecule has 0 amide bonds. The Morgan fingerprint density at radius 3 is 2.53 bits per heavy atom. The Kier molecular flexibility index (Phi) is 5.06. The van der Waals surface area contributed by atoms with Gasteiger partial charge in [0.15, 0.2) is 0 Å². The minimum atomic E-state index is -0.286. The highest BCUT2D eigenvalue weighted by atomic mass is 35.5. The van der Waals surface area contributed by atoms with E-state index in [0.29, 0.717) is 17.6 Å². The summed E-state index contributed by atoms with van der Waals surface area (Å²) in [5, 5.41) is 3.88. The van der Waals surface area contributed by atoms with Gasteiger partial charge < -0.3 is 5.32 Å². The van der Waals surface area contributed by atoms with Crippen molar-refractivity contribution in [1.82, 2.24) is 5.32 Å². The maximum absolute atomic E-state index is 12.8. The maximum Gasteiger partial charge on any atom is 0.124 e. The fourth-order valence-electron chi connectivity index (χ4n) is 1.50.